The fraction of sp³-hybridized carbons (Fsp3) is 0.381. The van der Waals surface area contributed by atoms with Crippen LogP contribution in [0.5, 0.6) is 0 Å². The summed E-state index contributed by atoms with van der Waals surface area (Å²) in [7, 11) is 0. The molecule has 0 aliphatic carbocycles. The largest absolute Gasteiger partial charge is 0.480 e. The summed E-state index contributed by atoms with van der Waals surface area (Å²) in [5.74, 6) is -1.54. The van der Waals surface area contributed by atoms with Crippen molar-refractivity contribution in [3.05, 3.63) is 54.4 Å². The molecule has 7 heteroatoms. The van der Waals surface area contributed by atoms with Crippen LogP contribution in [0.25, 0.3) is 0 Å². The number of nitrogens with zero attached hydrogens (tertiary/aromatic N) is 3. The van der Waals surface area contributed by atoms with Crippen molar-refractivity contribution in [1.82, 2.24) is 10.3 Å². The number of aromatic nitrogens is 1. The molecule has 1 aromatic heterocycles. The number of para-hydroxylation sites is 1. The Labute approximate surface area is 164 Å². The maximum Gasteiger partial charge on any atom is 0.322 e. The molecule has 28 heavy (non-hydrogen) atoms. The van der Waals surface area contributed by atoms with Crippen molar-refractivity contribution in [1.29, 1.82) is 0 Å². The van der Waals surface area contributed by atoms with Crippen LogP contribution in [0.15, 0.2) is 48.7 Å². The predicted octanol–water partition coefficient (Wildman–Crippen LogP) is 2.00. The Bertz CT molecular complexity index is 873. The van der Waals surface area contributed by atoms with E-state index in [-0.39, 0.29) is 11.1 Å². The molecule has 2 aliphatic heterocycles. The summed E-state index contributed by atoms with van der Waals surface area (Å²) < 4.78 is 0. The number of carbonyl (C=O) groups excluding carboxylic acids is 1. The Hall–Kier alpha value is -3.09. The van der Waals surface area contributed by atoms with Crippen molar-refractivity contribution >= 4 is 23.3 Å². The average Bonchev–Trinajstić information content (AvgIpc) is 3.34. The minimum Gasteiger partial charge on any atom is -0.480 e. The fourth-order valence-electron chi connectivity index (χ4n) is 4.27. The summed E-state index contributed by atoms with van der Waals surface area (Å²) in [5.41, 5.74) is 2.76. The first-order chi connectivity index (χ1) is 13.5. The van der Waals surface area contributed by atoms with Crippen LogP contribution in [0.2, 0.25) is 0 Å². The zero-order valence-corrected chi connectivity index (χ0v) is 15.7. The molecule has 3 heterocycles. The number of rotatable bonds is 5. The summed E-state index contributed by atoms with van der Waals surface area (Å²) in [5, 5.41) is 11.1. The number of carboxylic acids is 1. The van der Waals surface area contributed by atoms with Crippen LogP contribution in [0.1, 0.15) is 23.3 Å². The smallest absolute Gasteiger partial charge is 0.322 e. The second kappa shape index (κ2) is 7.50. The number of carboxylic acid groups (broad SMARTS) is 1. The van der Waals surface area contributed by atoms with Gasteiger partial charge in [-0.05, 0) is 37.1 Å². The molecule has 0 bridgehead atoms. The number of pyridine rings is 1. The van der Waals surface area contributed by atoms with Gasteiger partial charge in [0.1, 0.15) is 12.2 Å². The highest BCUT2D eigenvalue weighted by Gasteiger charge is 2.43. The van der Waals surface area contributed by atoms with Gasteiger partial charge in [0.05, 0.1) is 0 Å². The van der Waals surface area contributed by atoms with Gasteiger partial charge in [-0.15, -0.1) is 0 Å². The van der Waals surface area contributed by atoms with E-state index in [0.717, 1.165) is 44.7 Å². The van der Waals surface area contributed by atoms with Crippen molar-refractivity contribution in [3.63, 3.8) is 0 Å². The Morgan fingerprint density at radius 1 is 1.04 bits per heavy atom. The van der Waals surface area contributed by atoms with Crippen molar-refractivity contribution in [2.75, 3.05) is 42.5 Å². The summed E-state index contributed by atoms with van der Waals surface area (Å²) >= 11 is 0. The normalized spacial score (nSPS) is 21.3. The van der Waals surface area contributed by atoms with E-state index in [1.165, 1.54) is 5.69 Å². The minimum absolute atomic E-state index is 0.247. The van der Waals surface area contributed by atoms with Crippen LogP contribution < -0.4 is 15.1 Å². The van der Waals surface area contributed by atoms with Crippen molar-refractivity contribution in [2.45, 2.75) is 12.8 Å². The van der Waals surface area contributed by atoms with E-state index >= 15 is 0 Å². The number of benzene rings is 1. The first-order valence-electron chi connectivity index (χ1n) is 9.56. The third-order valence-electron chi connectivity index (χ3n) is 5.74. The first kappa shape index (κ1) is 18.3. The maximum atomic E-state index is 12.1. The van der Waals surface area contributed by atoms with Crippen LogP contribution >= 0.6 is 0 Å². The Morgan fingerprint density at radius 3 is 2.39 bits per heavy atom. The SMILES string of the molecule is O=C(O)CNC(=O)c1cc(N2CCC3(CCN(c4ccccc4)C3)C2)ccn1. The summed E-state index contributed by atoms with van der Waals surface area (Å²) in [6, 6.07) is 14.2. The number of aliphatic carboxylic acids is 1. The third-order valence-corrected chi connectivity index (χ3v) is 5.74. The average molecular weight is 380 g/mol. The van der Waals surface area contributed by atoms with Gasteiger partial charge < -0.3 is 20.2 Å². The number of hydrogen-bond donors (Lipinski definition) is 2. The van der Waals surface area contributed by atoms with E-state index in [1.54, 1.807) is 12.3 Å². The molecule has 0 saturated carbocycles. The Kier molecular flexibility index (Phi) is 4.90. The van der Waals surface area contributed by atoms with Crippen LogP contribution in [-0.2, 0) is 4.79 Å². The van der Waals surface area contributed by atoms with Gasteiger partial charge in [0.15, 0.2) is 0 Å². The molecule has 2 aromatic rings. The maximum absolute atomic E-state index is 12.1. The summed E-state index contributed by atoms with van der Waals surface area (Å²) in [6.07, 6.45) is 3.90. The highest BCUT2D eigenvalue weighted by atomic mass is 16.4. The van der Waals surface area contributed by atoms with E-state index in [9.17, 15) is 9.59 Å². The second-order valence-corrected chi connectivity index (χ2v) is 7.65. The molecule has 2 saturated heterocycles. The molecular weight excluding hydrogens is 356 g/mol. The lowest BCUT2D eigenvalue weighted by molar-refractivity contribution is -0.135. The molecule has 2 aliphatic rings. The lowest BCUT2D eigenvalue weighted by Gasteiger charge is -2.26. The summed E-state index contributed by atoms with van der Waals surface area (Å²) in [4.78, 5) is 31.6. The van der Waals surface area contributed by atoms with E-state index in [2.05, 4.69) is 44.4 Å². The number of nitrogens with one attached hydrogen (secondary N) is 1. The van der Waals surface area contributed by atoms with E-state index in [1.807, 2.05) is 12.1 Å². The molecule has 1 aromatic carbocycles. The van der Waals surface area contributed by atoms with Crippen molar-refractivity contribution in [3.8, 4) is 0 Å². The second-order valence-electron chi connectivity index (χ2n) is 7.65. The van der Waals surface area contributed by atoms with Gasteiger partial charge in [-0.25, -0.2) is 0 Å². The van der Waals surface area contributed by atoms with E-state index in [0.29, 0.717) is 0 Å². The van der Waals surface area contributed by atoms with Gasteiger partial charge in [-0.3, -0.25) is 14.6 Å². The molecule has 2 fully saturated rings. The quantitative estimate of drug-likeness (QED) is 0.825. The Morgan fingerprint density at radius 2 is 1.71 bits per heavy atom. The molecule has 0 radical (unpaired) electrons. The minimum atomic E-state index is -1.07. The lowest BCUT2D eigenvalue weighted by atomic mass is 9.86. The van der Waals surface area contributed by atoms with E-state index < -0.39 is 18.4 Å². The molecule has 1 atom stereocenters. The number of carbonyl (C=O) groups is 2. The van der Waals surface area contributed by atoms with Crippen LogP contribution in [-0.4, -0.2) is 54.7 Å². The highest BCUT2D eigenvalue weighted by molar-refractivity contribution is 5.94. The van der Waals surface area contributed by atoms with E-state index in [4.69, 9.17) is 5.11 Å². The van der Waals surface area contributed by atoms with Gasteiger partial charge >= 0.3 is 5.97 Å². The predicted molar refractivity (Wildman–Crippen MR) is 107 cm³/mol. The summed E-state index contributed by atoms with van der Waals surface area (Å²) in [6.45, 7) is 3.61. The monoisotopic (exact) mass is 380 g/mol. The zero-order chi connectivity index (χ0) is 19.6. The van der Waals surface area contributed by atoms with Gasteiger partial charge in [0.2, 0.25) is 0 Å². The zero-order valence-electron chi connectivity index (χ0n) is 15.7. The third kappa shape index (κ3) is 3.78. The fourth-order valence-corrected chi connectivity index (χ4v) is 4.27. The van der Waals surface area contributed by atoms with Gasteiger partial charge in [-0.2, -0.15) is 0 Å². The molecule has 2 N–H and O–H groups in total. The van der Waals surface area contributed by atoms with Crippen LogP contribution in [0.4, 0.5) is 11.4 Å². The molecule has 1 amide bonds. The van der Waals surface area contributed by atoms with Crippen LogP contribution in [0.3, 0.4) is 0 Å². The standard InChI is InChI=1S/C21H24N4O3/c26-19(27)13-23-20(28)18-12-17(6-9-22-18)25-11-8-21(15-25)7-10-24(14-21)16-4-2-1-3-5-16/h1-6,9,12H,7-8,10-11,13-15H2,(H,23,28)(H,26,27). The Balaban J connectivity index is 1.43. The molecule has 1 spiro atoms. The van der Waals surface area contributed by atoms with Crippen molar-refractivity contribution < 1.29 is 14.7 Å². The lowest BCUT2D eigenvalue weighted by Crippen LogP contribution is -2.31. The highest BCUT2D eigenvalue weighted by Crippen LogP contribution is 2.42. The molecule has 4 rings (SSSR count). The number of anilines is 2. The number of amides is 1. The van der Waals surface area contributed by atoms with Gasteiger partial charge in [-0.1, -0.05) is 18.2 Å². The molecular formula is C21H24N4O3. The van der Waals surface area contributed by atoms with Gasteiger partial charge in [0, 0.05) is 49.2 Å². The van der Waals surface area contributed by atoms with Crippen molar-refractivity contribution in [2.24, 2.45) is 5.41 Å². The van der Waals surface area contributed by atoms with Crippen LogP contribution in [0, 0.1) is 5.41 Å². The topological polar surface area (TPSA) is 85.8 Å². The number of hydrogen-bond acceptors (Lipinski definition) is 5. The first-order valence-corrected chi connectivity index (χ1v) is 9.56. The molecule has 1 unspecified atom stereocenters. The molecule has 146 valence electrons. The van der Waals surface area contributed by atoms with Gasteiger partial charge in [0.25, 0.3) is 5.91 Å². The molecule has 7 nitrogen and oxygen atoms in total.